The van der Waals surface area contributed by atoms with E-state index >= 15 is 0 Å². The van der Waals surface area contributed by atoms with Crippen LogP contribution in [0, 0.1) is 6.92 Å². The maximum Gasteiger partial charge on any atom is 0.407 e. The van der Waals surface area contributed by atoms with Crippen LogP contribution in [0.4, 0.5) is 13.2 Å². The van der Waals surface area contributed by atoms with Crippen LogP contribution in [0.5, 0.6) is 0 Å². The van der Waals surface area contributed by atoms with E-state index in [0.29, 0.717) is 5.56 Å². The van der Waals surface area contributed by atoms with E-state index in [1.54, 1.807) is 0 Å². The van der Waals surface area contributed by atoms with Crippen LogP contribution >= 0.6 is 0 Å². The summed E-state index contributed by atoms with van der Waals surface area (Å²) in [7, 11) is 0. The summed E-state index contributed by atoms with van der Waals surface area (Å²) >= 11 is 0. The van der Waals surface area contributed by atoms with Crippen molar-refractivity contribution in [2.75, 3.05) is 0 Å². The SMILES string of the molecule is Cc1ccc(C(=O)O)cc1[C@H](N)C(F)(F)F. The first-order chi connectivity index (χ1) is 7.23. The standard InChI is InChI=1S/C10H10F3NO2/c1-5-2-3-6(9(15)16)4-7(5)8(14)10(11,12)13/h2-4,8H,14H2,1H3,(H,15,16)/t8-/m0/s1. The van der Waals surface area contributed by atoms with Crippen LogP contribution in [0.3, 0.4) is 0 Å². The van der Waals surface area contributed by atoms with Gasteiger partial charge in [0.15, 0.2) is 0 Å². The van der Waals surface area contributed by atoms with E-state index in [0.717, 1.165) is 6.07 Å². The number of carboxylic acid groups (broad SMARTS) is 1. The first-order valence-corrected chi connectivity index (χ1v) is 4.39. The molecule has 6 heteroatoms. The lowest BCUT2D eigenvalue weighted by atomic mass is 9.99. The number of nitrogens with two attached hydrogens (primary N) is 1. The maximum absolute atomic E-state index is 12.4. The first-order valence-electron chi connectivity index (χ1n) is 4.39. The molecule has 1 rings (SSSR count). The molecule has 0 aliphatic carbocycles. The molecule has 0 heterocycles. The van der Waals surface area contributed by atoms with Crippen molar-refractivity contribution < 1.29 is 23.1 Å². The molecule has 3 nitrogen and oxygen atoms in total. The molecule has 0 unspecified atom stereocenters. The molecular weight excluding hydrogens is 223 g/mol. The molecule has 0 saturated carbocycles. The Morgan fingerprint density at radius 3 is 2.44 bits per heavy atom. The summed E-state index contributed by atoms with van der Waals surface area (Å²) in [5, 5.41) is 8.66. The number of hydrogen-bond donors (Lipinski definition) is 2. The summed E-state index contributed by atoms with van der Waals surface area (Å²) < 4.78 is 37.1. The van der Waals surface area contributed by atoms with Crippen molar-refractivity contribution in [2.45, 2.75) is 19.1 Å². The van der Waals surface area contributed by atoms with E-state index in [1.807, 2.05) is 0 Å². The van der Waals surface area contributed by atoms with Crippen molar-refractivity contribution in [1.82, 2.24) is 0 Å². The molecule has 0 fully saturated rings. The first kappa shape index (κ1) is 12.5. The third-order valence-corrected chi connectivity index (χ3v) is 2.21. The number of carbonyl (C=O) groups is 1. The summed E-state index contributed by atoms with van der Waals surface area (Å²) in [6.07, 6.45) is -4.58. The van der Waals surface area contributed by atoms with Crippen LogP contribution in [-0.2, 0) is 0 Å². The molecule has 1 aromatic carbocycles. The number of benzene rings is 1. The van der Waals surface area contributed by atoms with Crippen molar-refractivity contribution in [2.24, 2.45) is 5.73 Å². The second-order valence-electron chi connectivity index (χ2n) is 3.40. The Morgan fingerprint density at radius 2 is 2.00 bits per heavy atom. The monoisotopic (exact) mass is 233 g/mol. The zero-order valence-corrected chi connectivity index (χ0v) is 8.38. The number of rotatable bonds is 2. The lowest BCUT2D eigenvalue weighted by Gasteiger charge is -2.18. The van der Waals surface area contributed by atoms with Crippen molar-refractivity contribution >= 4 is 5.97 Å². The quantitative estimate of drug-likeness (QED) is 0.823. The van der Waals surface area contributed by atoms with Crippen LogP contribution in [0.25, 0.3) is 0 Å². The summed E-state index contributed by atoms with van der Waals surface area (Å²) in [5.41, 5.74) is 4.92. The number of hydrogen-bond acceptors (Lipinski definition) is 2. The van der Waals surface area contributed by atoms with Gasteiger partial charge in [0.25, 0.3) is 0 Å². The fourth-order valence-electron chi connectivity index (χ4n) is 1.28. The Kier molecular flexibility index (Phi) is 3.23. The van der Waals surface area contributed by atoms with Crippen LogP contribution in [0.1, 0.15) is 27.5 Å². The van der Waals surface area contributed by atoms with Gasteiger partial charge >= 0.3 is 12.1 Å². The highest BCUT2D eigenvalue weighted by molar-refractivity contribution is 5.87. The van der Waals surface area contributed by atoms with Gasteiger partial charge in [-0.1, -0.05) is 6.07 Å². The number of alkyl halides is 3. The smallest absolute Gasteiger partial charge is 0.407 e. The predicted molar refractivity (Wildman–Crippen MR) is 51.1 cm³/mol. The van der Waals surface area contributed by atoms with E-state index in [4.69, 9.17) is 10.8 Å². The fraction of sp³-hybridized carbons (Fsp3) is 0.300. The summed E-state index contributed by atoms with van der Waals surface area (Å²) in [6.45, 7) is 1.45. The van der Waals surface area contributed by atoms with Gasteiger partial charge in [-0.25, -0.2) is 4.79 Å². The third-order valence-electron chi connectivity index (χ3n) is 2.21. The molecule has 88 valence electrons. The Morgan fingerprint density at radius 1 is 1.44 bits per heavy atom. The number of aryl methyl sites for hydroxylation is 1. The summed E-state index contributed by atoms with van der Waals surface area (Å²) in [4.78, 5) is 10.6. The molecule has 16 heavy (non-hydrogen) atoms. The lowest BCUT2D eigenvalue weighted by Crippen LogP contribution is -2.29. The Hall–Kier alpha value is -1.56. The zero-order valence-electron chi connectivity index (χ0n) is 8.38. The van der Waals surface area contributed by atoms with Gasteiger partial charge in [-0.3, -0.25) is 0 Å². The Balaban J connectivity index is 3.22. The van der Waals surface area contributed by atoms with Gasteiger partial charge in [0.2, 0.25) is 0 Å². The number of halogens is 3. The highest BCUT2D eigenvalue weighted by atomic mass is 19.4. The van der Waals surface area contributed by atoms with Gasteiger partial charge < -0.3 is 10.8 Å². The van der Waals surface area contributed by atoms with Gasteiger partial charge in [0, 0.05) is 0 Å². The van der Waals surface area contributed by atoms with E-state index in [-0.39, 0.29) is 11.1 Å². The molecule has 0 saturated heterocycles. The molecule has 1 aromatic rings. The largest absolute Gasteiger partial charge is 0.478 e. The topological polar surface area (TPSA) is 63.3 Å². The van der Waals surface area contributed by atoms with Crippen LogP contribution in [0.15, 0.2) is 18.2 Å². The Bertz CT molecular complexity index is 415. The van der Waals surface area contributed by atoms with Crippen LogP contribution in [-0.4, -0.2) is 17.3 Å². The van der Waals surface area contributed by atoms with Gasteiger partial charge in [-0.15, -0.1) is 0 Å². The van der Waals surface area contributed by atoms with E-state index in [1.165, 1.54) is 19.1 Å². The number of carboxylic acids is 1. The second kappa shape index (κ2) is 4.13. The Labute approximate surface area is 89.7 Å². The van der Waals surface area contributed by atoms with Crippen molar-refractivity contribution in [3.05, 3.63) is 34.9 Å². The molecule has 0 aromatic heterocycles. The molecule has 3 N–H and O–H groups in total. The van der Waals surface area contributed by atoms with Crippen molar-refractivity contribution in [1.29, 1.82) is 0 Å². The van der Waals surface area contributed by atoms with E-state index < -0.39 is 18.2 Å². The maximum atomic E-state index is 12.4. The minimum Gasteiger partial charge on any atom is -0.478 e. The number of aromatic carboxylic acids is 1. The highest BCUT2D eigenvalue weighted by Crippen LogP contribution is 2.32. The molecule has 0 aliphatic rings. The van der Waals surface area contributed by atoms with Gasteiger partial charge in [0.1, 0.15) is 6.04 Å². The third kappa shape index (κ3) is 2.52. The molecule has 0 amide bonds. The van der Waals surface area contributed by atoms with Crippen molar-refractivity contribution in [3.63, 3.8) is 0 Å². The fourth-order valence-corrected chi connectivity index (χ4v) is 1.28. The lowest BCUT2D eigenvalue weighted by molar-refractivity contribution is -0.149. The van der Waals surface area contributed by atoms with E-state index in [9.17, 15) is 18.0 Å². The zero-order chi connectivity index (χ0) is 12.5. The average Bonchev–Trinajstić information content (AvgIpc) is 2.15. The minimum absolute atomic E-state index is 0.208. The molecule has 0 radical (unpaired) electrons. The van der Waals surface area contributed by atoms with Gasteiger partial charge in [-0.2, -0.15) is 13.2 Å². The molecule has 0 bridgehead atoms. The summed E-state index contributed by atoms with van der Waals surface area (Å²) in [5.74, 6) is -1.28. The minimum atomic E-state index is -4.58. The van der Waals surface area contributed by atoms with E-state index in [2.05, 4.69) is 0 Å². The molecule has 0 spiro atoms. The molecule has 1 atom stereocenters. The van der Waals surface area contributed by atoms with Crippen LogP contribution in [0.2, 0.25) is 0 Å². The van der Waals surface area contributed by atoms with Crippen LogP contribution < -0.4 is 5.73 Å². The highest BCUT2D eigenvalue weighted by Gasteiger charge is 2.38. The summed E-state index contributed by atoms with van der Waals surface area (Å²) in [6, 6.07) is 1.34. The molecular formula is C10H10F3NO2. The normalized spacial score (nSPS) is 13.6. The predicted octanol–water partition coefficient (Wildman–Crippen LogP) is 2.26. The van der Waals surface area contributed by atoms with Gasteiger partial charge in [0.05, 0.1) is 5.56 Å². The van der Waals surface area contributed by atoms with Gasteiger partial charge in [-0.05, 0) is 30.2 Å². The second-order valence-corrected chi connectivity index (χ2v) is 3.40. The molecule has 0 aliphatic heterocycles. The average molecular weight is 233 g/mol. The van der Waals surface area contributed by atoms with Crippen molar-refractivity contribution in [3.8, 4) is 0 Å².